The van der Waals surface area contributed by atoms with E-state index in [2.05, 4.69) is 12.2 Å². The van der Waals surface area contributed by atoms with Gasteiger partial charge in [-0.1, -0.05) is 12.2 Å². The van der Waals surface area contributed by atoms with Crippen molar-refractivity contribution in [1.29, 1.82) is 0 Å². The van der Waals surface area contributed by atoms with E-state index in [1.165, 1.54) is 19.1 Å². The van der Waals surface area contributed by atoms with Gasteiger partial charge in [0, 0.05) is 13.1 Å². The third-order valence-corrected chi connectivity index (χ3v) is 1.37. The highest BCUT2D eigenvalue weighted by Crippen LogP contribution is 2.02. The van der Waals surface area contributed by atoms with Crippen LogP contribution in [0.15, 0.2) is 12.8 Å². The molecule has 0 aliphatic carbocycles. The summed E-state index contributed by atoms with van der Waals surface area (Å²) in [5.41, 5.74) is 2.75. The maximum atomic E-state index is 4.76. The van der Waals surface area contributed by atoms with Gasteiger partial charge in [0.15, 0.2) is 0 Å². The quantitative estimate of drug-likeness (QED) is 0.446. The lowest BCUT2D eigenvalue weighted by molar-refractivity contribution is -0.0163. The van der Waals surface area contributed by atoms with Crippen molar-refractivity contribution in [3.8, 4) is 0 Å². The zero-order valence-corrected chi connectivity index (χ0v) is 5.47. The minimum atomic E-state index is 1.08. The van der Waals surface area contributed by atoms with E-state index in [-0.39, 0.29) is 0 Å². The van der Waals surface area contributed by atoms with Gasteiger partial charge in [-0.3, -0.25) is 0 Å². The van der Waals surface area contributed by atoms with Crippen molar-refractivity contribution in [3.05, 3.63) is 12.8 Å². The first-order chi connectivity index (χ1) is 4.43. The molecule has 0 atom stereocenters. The lowest BCUT2D eigenvalue weighted by Gasteiger charge is -2.13. The van der Waals surface area contributed by atoms with Crippen LogP contribution in [0.2, 0.25) is 0 Å². The van der Waals surface area contributed by atoms with Crippen molar-refractivity contribution >= 4 is 0 Å². The second-order valence-electron chi connectivity index (χ2n) is 2.07. The summed E-state index contributed by atoms with van der Waals surface area (Å²) < 4.78 is 0. The zero-order chi connectivity index (χ0) is 6.53. The summed E-state index contributed by atoms with van der Waals surface area (Å²) in [6.07, 6.45) is 3.90. The molecule has 52 valence electrons. The Morgan fingerprint density at radius 1 is 1.44 bits per heavy atom. The van der Waals surface area contributed by atoms with Gasteiger partial charge in [0.2, 0.25) is 0 Å². The highest BCUT2D eigenvalue weighted by Gasteiger charge is 2.09. The second kappa shape index (κ2) is 3.48. The average Bonchev–Trinajstić information content (AvgIpc) is 2.34. The predicted molar refractivity (Wildman–Crippen MR) is 35.2 cm³/mol. The van der Waals surface area contributed by atoms with Crippen LogP contribution >= 0.6 is 0 Å². The van der Waals surface area contributed by atoms with E-state index in [9.17, 15) is 0 Å². The molecule has 1 rings (SSSR count). The van der Waals surface area contributed by atoms with Gasteiger partial charge in [-0.25, -0.2) is 5.01 Å². The molecule has 0 bridgehead atoms. The molecule has 1 saturated heterocycles. The van der Waals surface area contributed by atoms with E-state index in [4.69, 9.17) is 4.84 Å². The van der Waals surface area contributed by atoms with E-state index in [1.54, 1.807) is 0 Å². The summed E-state index contributed by atoms with van der Waals surface area (Å²) in [6.45, 7) is 5.56. The summed E-state index contributed by atoms with van der Waals surface area (Å²) in [6, 6.07) is 0. The van der Waals surface area contributed by atoms with E-state index in [1.807, 2.05) is 5.01 Å². The minimum Gasteiger partial charge on any atom is -0.402 e. The standard InChI is InChI=1S/C6H12N2O/c1-2-9-7-8-5-3-4-6-8/h2,7H,1,3-6H2. The minimum absolute atomic E-state index is 1.08. The van der Waals surface area contributed by atoms with Crippen LogP contribution in [-0.2, 0) is 4.84 Å². The van der Waals surface area contributed by atoms with E-state index < -0.39 is 0 Å². The fraction of sp³-hybridized carbons (Fsp3) is 0.667. The van der Waals surface area contributed by atoms with Crippen molar-refractivity contribution in [3.63, 3.8) is 0 Å². The van der Waals surface area contributed by atoms with Crippen LogP contribution in [0.1, 0.15) is 12.8 Å². The number of rotatable bonds is 3. The van der Waals surface area contributed by atoms with E-state index in [0.29, 0.717) is 0 Å². The molecule has 0 unspecified atom stereocenters. The molecule has 1 aliphatic heterocycles. The van der Waals surface area contributed by atoms with Gasteiger partial charge in [-0.05, 0) is 12.8 Å². The van der Waals surface area contributed by atoms with Crippen molar-refractivity contribution < 1.29 is 4.84 Å². The Morgan fingerprint density at radius 2 is 2.11 bits per heavy atom. The van der Waals surface area contributed by atoms with Gasteiger partial charge in [-0.15, -0.1) is 0 Å². The third-order valence-electron chi connectivity index (χ3n) is 1.37. The Hall–Kier alpha value is -0.540. The average molecular weight is 128 g/mol. The first-order valence-corrected chi connectivity index (χ1v) is 3.20. The Labute approximate surface area is 55.2 Å². The molecule has 1 aliphatic rings. The Kier molecular flexibility index (Phi) is 2.54. The molecule has 0 saturated carbocycles. The molecule has 9 heavy (non-hydrogen) atoms. The van der Waals surface area contributed by atoms with Crippen LogP contribution in [0.5, 0.6) is 0 Å². The van der Waals surface area contributed by atoms with Gasteiger partial charge in [0.05, 0.1) is 0 Å². The Bertz CT molecular complexity index is 89.1. The highest BCUT2D eigenvalue weighted by atomic mass is 16.7. The third kappa shape index (κ3) is 2.03. The molecule has 0 aromatic rings. The van der Waals surface area contributed by atoms with Gasteiger partial charge in [0.25, 0.3) is 0 Å². The molecular formula is C6H12N2O. The molecule has 3 nitrogen and oxygen atoms in total. The molecule has 0 aromatic carbocycles. The molecule has 0 aromatic heterocycles. The number of hydrogen-bond acceptors (Lipinski definition) is 3. The normalized spacial score (nSPS) is 20.0. The van der Waals surface area contributed by atoms with E-state index in [0.717, 1.165) is 13.1 Å². The van der Waals surface area contributed by atoms with Crippen LogP contribution in [-0.4, -0.2) is 18.1 Å². The molecule has 1 fully saturated rings. The van der Waals surface area contributed by atoms with Crippen LogP contribution in [0.3, 0.4) is 0 Å². The Balaban J connectivity index is 2.04. The monoisotopic (exact) mass is 128 g/mol. The molecule has 1 N–H and O–H groups in total. The first-order valence-electron chi connectivity index (χ1n) is 3.20. The Morgan fingerprint density at radius 3 is 2.67 bits per heavy atom. The SMILES string of the molecule is C=CONN1CCCC1. The lowest BCUT2D eigenvalue weighted by atomic mass is 10.4. The number of hydrazine groups is 1. The van der Waals surface area contributed by atoms with E-state index >= 15 is 0 Å². The highest BCUT2D eigenvalue weighted by molar-refractivity contribution is 4.59. The second-order valence-corrected chi connectivity index (χ2v) is 2.07. The van der Waals surface area contributed by atoms with Crippen molar-refractivity contribution in [1.82, 2.24) is 10.6 Å². The van der Waals surface area contributed by atoms with Crippen molar-refractivity contribution in [2.75, 3.05) is 13.1 Å². The number of nitrogens with one attached hydrogen (secondary N) is 1. The maximum absolute atomic E-state index is 4.76. The molecule has 0 amide bonds. The number of nitrogens with zero attached hydrogens (tertiary/aromatic N) is 1. The molecule has 1 heterocycles. The zero-order valence-electron chi connectivity index (χ0n) is 5.47. The molecular weight excluding hydrogens is 116 g/mol. The summed E-state index contributed by atoms with van der Waals surface area (Å²) in [4.78, 5) is 4.76. The molecule has 0 radical (unpaired) electrons. The van der Waals surface area contributed by atoms with Crippen LogP contribution in [0.4, 0.5) is 0 Å². The van der Waals surface area contributed by atoms with Gasteiger partial charge in [-0.2, -0.15) is 0 Å². The van der Waals surface area contributed by atoms with Crippen molar-refractivity contribution in [2.45, 2.75) is 12.8 Å². The predicted octanol–water partition coefficient (Wildman–Crippen LogP) is 0.662. The summed E-state index contributed by atoms with van der Waals surface area (Å²) in [5, 5.41) is 2.03. The van der Waals surface area contributed by atoms with Crippen LogP contribution < -0.4 is 5.59 Å². The first kappa shape index (κ1) is 6.58. The summed E-state index contributed by atoms with van der Waals surface area (Å²) in [7, 11) is 0. The van der Waals surface area contributed by atoms with Gasteiger partial charge in [0.1, 0.15) is 6.26 Å². The topological polar surface area (TPSA) is 24.5 Å². The number of hydrogen-bond donors (Lipinski definition) is 1. The fourth-order valence-corrected chi connectivity index (χ4v) is 0.920. The van der Waals surface area contributed by atoms with Crippen LogP contribution in [0, 0.1) is 0 Å². The maximum Gasteiger partial charge on any atom is 0.105 e. The largest absolute Gasteiger partial charge is 0.402 e. The summed E-state index contributed by atoms with van der Waals surface area (Å²) >= 11 is 0. The molecule has 3 heteroatoms. The van der Waals surface area contributed by atoms with Gasteiger partial charge >= 0.3 is 0 Å². The van der Waals surface area contributed by atoms with Gasteiger partial charge < -0.3 is 4.84 Å². The van der Waals surface area contributed by atoms with Crippen LogP contribution in [0.25, 0.3) is 0 Å². The molecule has 0 spiro atoms. The van der Waals surface area contributed by atoms with Crippen molar-refractivity contribution in [2.24, 2.45) is 0 Å². The smallest absolute Gasteiger partial charge is 0.105 e. The fourth-order valence-electron chi connectivity index (χ4n) is 0.920. The lowest BCUT2D eigenvalue weighted by Crippen LogP contribution is -2.33. The summed E-state index contributed by atoms with van der Waals surface area (Å²) in [5.74, 6) is 0.